The van der Waals surface area contributed by atoms with Crippen LogP contribution in [0, 0.1) is 0 Å². The Bertz CT molecular complexity index is 191. The molecule has 14 heavy (non-hydrogen) atoms. The number of hydrogen-bond donors (Lipinski definition) is 0. The number of thioether (sulfide) groups is 1. The van der Waals surface area contributed by atoms with Crippen LogP contribution in [0.2, 0.25) is 0 Å². The van der Waals surface area contributed by atoms with E-state index in [-0.39, 0.29) is 0 Å². The fraction of sp³-hybridized carbons (Fsp3) is 0.800. The van der Waals surface area contributed by atoms with Gasteiger partial charge in [0.15, 0.2) is 0 Å². The first-order chi connectivity index (χ1) is 6.65. The highest BCUT2D eigenvalue weighted by atomic mass is 32.2. The normalized spacial score (nSPS) is 9.93. The van der Waals surface area contributed by atoms with Gasteiger partial charge in [-0.25, -0.2) is 0 Å². The lowest BCUT2D eigenvalue weighted by Gasteiger charge is -2.20. The molecule has 0 spiro atoms. The summed E-state index contributed by atoms with van der Waals surface area (Å²) in [6.45, 7) is 7.98. The number of rotatable bonds is 6. The molecular formula is C10H19NOS2. The van der Waals surface area contributed by atoms with E-state index < -0.39 is 0 Å². The minimum atomic E-state index is 0.319. The summed E-state index contributed by atoms with van der Waals surface area (Å²) in [6, 6.07) is 0. The average Bonchev–Trinajstić information content (AvgIpc) is 2.19. The first kappa shape index (κ1) is 13.9. The zero-order valence-corrected chi connectivity index (χ0v) is 10.8. The molecule has 0 aromatic rings. The maximum Gasteiger partial charge on any atom is 0.136 e. The molecule has 0 aromatic carbocycles. The molecule has 0 aliphatic carbocycles. The lowest BCUT2D eigenvalue weighted by Crippen LogP contribution is -2.26. The second-order valence-electron chi connectivity index (χ2n) is 2.93. The molecule has 0 aliphatic heterocycles. The third-order valence-electron chi connectivity index (χ3n) is 2.02. The van der Waals surface area contributed by atoms with Crippen molar-refractivity contribution in [1.29, 1.82) is 0 Å². The number of nitrogens with zero attached hydrogens (tertiary/aromatic N) is 1. The SMILES string of the molecule is CCC(=O)CCSC(=S)N(CC)CC. The highest BCUT2D eigenvalue weighted by Crippen LogP contribution is 2.11. The molecule has 0 fully saturated rings. The summed E-state index contributed by atoms with van der Waals surface area (Å²) in [5.41, 5.74) is 0. The topological polar surface area (TPSA) is 20.3 Å². The summed E-state index contributed by atoms with van der Waals surface area (Å²) >= 11 is 6.85. The van der Waals surface area contributed by atoms with Gasteiger partial charge in [-0.2, -0.15) is 0 Å². The second-order valence-corrected chi connectivity index (χ2v) is 4.66. The molecule has 0 aliphatic rings. The smallest absolute Gasteiger partial charge is 0.136 e. The molecule has 4 heteroatoms. The van der Waals surface area contributed by atoms with Crippen molar-refractivity contribution in [2.75, 3.05) is 18.8 Å². The number of carbonyl (C=O) groups excluding carboxylic acids is 1. The zero-order valence-electron chi connectivity index (χ0n) is 9.21. The van der Waals surface area contributed by atoms with E-state index in [0.29, 0.717) is 18.6 Å². The lowest BCUT2D eigenvalue weighted by atomic mass is 10.2. The Labute approximate surface area is 96.4 Å². The molecule has 0 bridgehead atoms. The Hall–Kier alpha value is -0.0900. The minimum Gasteiger partial charge on any atom is -0.358 e. The minimum absolute atomic E-state index is 0.319. The van der Waals surface area contributed by atoms with Crippen molar-refractivity contribution in [3.8, 4) is 0 Å². The Kier molecular flexibility index (Phi) is 8.18. The predicted octanol–water partition coefficient (Wildman–Crippen LogP) is 2.72. The third-order valence-corrected chi connectivity index (χ3v) is 3.55. The number of ketones is 1. The molecule has 0 atom stereocenters. The van der Waals surface area contributed by atoms with E-state index in [9.17, 15) is 4.79 Å². The summed E-state index contributed by atoms with van der Waals surface area (Å²) in [5, 5.41) is 0. The fourth-order valence-electron chi connectivity index (χ4n) is 1.00. The number of hydrogen-bond acceptors (Lipinski definition) is 3. The van der Waals surface area contributed by atoms with Gasteiger partial charge in [0, 0.05) is 31.7 Å². The largest absolute Gasteiger partial charge is 0.358 e. The average molecular weight is 233 g/mol. The van der Waals surface area contributed by atoms with Crippen LogP contribution in [0.5, 0.6) is 0 Å². The van der Waals surface area contributed by atoms with Gasteiger partial charge >= 0.3 is 0 Å². The lowest BCUT2D eigenvalue weighted by molar-refractivity contribution is -0.118. The van der Waals surface area contributed by atoms with Gasteiger partial charge in [0.2, 0.25) is 0 Å². The number of carbonyl (C=O) groups is 1. The van der Waals surface area contributed by atoms with Gasteiger partial charge in [-0.15, -0.1) is 0 Å². The van der Waals surface area contributed by atoms with Crippen molar-refractivity contribution in [3.05, 3.63) is 0 Å². The molecule has 0 rings (SSSR count). The highest BCUT2D eigenvalue weighted by molar-refractivity contribution is 8.22. The Morgan fingerprint density at radius 1 is 1.29 bits per heavy atom. The van der Waals surface area contributed by atoms with Crippen LogP contribution in [0.3, 0.4) is 0 Å². The first-order valence-corrected chi connectivity index (χ1v) is 6.48. The van der Waals surface area contributed by atoms with E-state index in [1.807, 2.05) is 6.92 Å². The zero-order chi connectivity index (χ0) is 11.0. The van der Waals surface area contributed by atoms with Gasteiger partial charge in [-0.05, 0) is 13.8 Å². The Morgan fingerprint density at radius 3 is 2.29 bits per heavy atom. The molecule has 0 heterocycles. The maximum absolute atomic E-state index is 11.0. The van der Waals surface area contributed by atoms with Crippen molar-refractivity contribution < 1.29 is 4.79 Å². The summed E-state index contributed by atoms with van der Waals surface area (Å²) in [5.74, 6) is 1.14. The molecule has 0 unspecified atom stereocenters. The van der Waals surface area contributed by atoms with Crippen molar-refractivity contribution in [3.63, 3.8) is 0 Å². The second kappa shape index (κ2) is 8.24. The standard InChI is InChI=1S/C10H19NOS2/c1-4-9(12)7-8-14-10(13)11(5-2)6-3/h4-8H2,1-3H3. The van der Waals surface area contributed by atoms with E-state index in [0.717, 1.165) is 23.2 Å². The van der Waals surface area contributed by atoms with Crippen LogP contribution in [0.4, 0.5) is 0 Å². The molecular weight excluding hydrogens is 214 g/mol. The van der Waals surface area contributed by atoms with Gasteiger partial charge in [0.1, 0.15) is 10.1 Å². The van der Waals surface area contributed by atoms with E-state index in [1.165, 1.54) is 0 Å². The molecule has 0 N–H and O–H groups in total. The molecule has 82 valence electrons. The number of Topliss-reactive ketones (excluding diaryl/α,β-unsaturated/α-hetero) is 1. The van der Waals surface area contributed by atoms with Crippen LogP contribution in [-0.4, -0.2) is 33.8 Å². The van der Waals surface area contributed by atoms with E-state index in [2.05, 4.69) is 18.7 Å². The van der Waals surface area contributed by atoms with Crippen LogP contribution >= 0.6 is 24.0 Å². The van der Waals surface area contributed by atoms with Crippen LogP contribution in [0.15, 0.2) is 0 Å². The van der Waals surface area contributed by atoms with E-state index in [4.69, 9.17) is 12.2 Å². The highest BCUT2D eigenvalue weighted by Gasteiger charge is 2.06. The molecule has 2 nitrogen and oxygen atoms in total. The number of thiocarbonyl (C=S) groups is 1. The Balaban J connectivity index is 3.67. The summed E-state index contributed by atoms with van der Waals surface area (Å²) in [7, 11) is 0. The maximum atomic E-state index is 11.0. The van der Waals surface area contributed by atoms with Crippen LogP contribution < -0.4 is 0 Å². The monoisotopic (exact) mass is 233 g/mol. The van der Waals surface area contributed by atoms with Gasteiger partial charge in [0.25, 0.3) is 0 Å². The van der Waals surface area contributed by atoms with Crippen molar-refractivity contribution in [2.24, 2.45) is 0 Å². The fourth-order valence-corrected chi connectivity index (χ4v) is 2.46. The molecule has 0 radical (unpaired) electrons. The van der Waals surface area contributed by atoms with Crippen LogP contribution in [-0.2, 0) is 4.79 Å². The summed E-state index contributed by atoms with van der Waals surface area (Å²) in [4.78, 5) is 13.2. The van der Waals surface area contributed by atoms with Crippen LogP contribution in [0.25, 0.3) is 0 Å². The summed E-state index contributed by atoms with van der Waals surface area (Å²) in [6.07, 6.45) is 1.28. The molecule has 0 saturated carbocycles. The molecule has 0 amide bonds. The van der Waals surface area contributed by atoms with Gasteiger partial charge in [0.05, 0.1) is 0 Å². The van der Waals surface area contributed by atoms with Crippen molar-refractivity contribution in [2.45, 2.75) is 33.6 Å². The van der Waals surface area contributed by atoms with Crippen molar-refractivity contribution in [1.82, 2.24) is 4.90 Å². The van der Waals surface area contributed by atoms with Gasteiger partial charge in [-0.1, -0.05) is 30.9 Å². The quantitative estimate of drug-likeness (QED) is 0.657. The molecule has 0 aromatic heterocycles. The van der Waals surface area contributed by atoms with Gasteiger partial charge < -0.3 is 4.90 Å². The summed E-state index contributed by atoms with van der Waals surface area (Å²) < 4.78 is 0.916. The predicted molar refractivity (Wildman–Crippen MR) is 67.9 cm³/mol. The third kappa shape index (κ3) is 5.60. The van der Waals surface area contributed by atoms with E-state index >= 15 is 0 Å². The van der Waals surface area contributed by atoms with Crippen LogP contribution in [0.1, 0.15) is 33.6 Å². The van der Waals surface area contributed by atoms with Gasteiger partial charge in [-0.3, -0.25) is 4.79 Å². The van der Waals surface area contributed by atoms with Crippen molar-refractivity contribution >= 4 is 34.1 Å². The first-order valence-electron chi connectivity index (χ1n) is 5.09. The Morgan fingerprint density at radius 2 is 1.86 bits per heavy atom. The van der Waals surface area contributed by atoms with E-state index in [1.54, 1.807) is 11.8 Å². The molecule has 0 saturated heterocycles.